The number of rotatable bonds is 6. The highest BCUT2D eigenvalue weighted by Gasteiger charge is 2.41. The average molecular weight is 215 g/mol. The van der Waals surface area contributed by atoms with E-state index >= 15 is 0 Å². The SMILES string of the molecule is CCCC(C)CC(C)(C(=O)O)C(=O)NC. The minimum absolute atomic E-state index is 0.244. The standard InChI is InChI=1S/C11H21NO3/c1-5-6-8(2)7-11(3,10(14)15)9(13)12-4/h8H,5-7H2,1-4H3,(H,12,13)(H,14,15). The first-order chi connectivity index (χ1) is 6.88. The molecule has 0 aromatic rings. The highest BCUT2D eigenvalue weighted by molar-refractivity contribution is 6.01. The maximum Gasteiger partial charge on any atom is 0.318 e. The van der Waals surface area contributed by atoms with Crippen molar-refractivity contribution in [2.45, 2.75) is 40.0 Å². The van der Waals surface area contributed by atoms with Crippen LogP contribution in [0, 0.1) is 11.3 Å². The first-order valence-corrected chi connectivity index (χ1v) is 5.34. The summed E-state index contributed by atoms with van der Waals surface area (Å²) in [5.74, 6) is -1.23. The third kappa shape index (κ3) is 3.53. The zero-order chi connectivity index (χ0) is 12.1. The molecule has 2 atom stereocenters. The van der Waals surface area contributed by atoms with Crippen LogP contribution in [-0.4, -0.2) is 24.0 Å². The third-order valence-electron chi connectivity index (χ3n) is 2.74. The van der Waals surface area contributed by atoms with Gasteiger partial charge in [-0.1, -0.05) is 26.7 Å². The predicted molar refractivity (Wildman–Crippen MR) is 58.5 cm³/mol. The Balaban J connectivity index is 4.66. The van der Waals surface area contributed by atoms with Crippen molar-refractivity contribution in [2.24, 2.45) is 11.3 Å². The summed E-state index contributed by atoms with van der Waals surface area (Å²) in [6.07, 6.45) is 2.33. The van der Waals surface area contributed by atoms with E-state index in [-0.39, 0.29) is 5.92 Å². The van der Waals surface area contributed by atoms with E-state index in [0.29, 0.717) is 6.42 Å². The van der Waals surface area contributed by atoms with Gasteiger partial charge in [0.05, 0.1) is 0 Å². The molecule has 0 aliphatic rings. The Morgan fingerprint density at radius 3 is 2.33 bits per heavy atom. The van der Waals surface area contributed by atoms with Crippen molar-refractivity contribution in [3.05, 3.63) is 0 Å². The van der Waals surface area contributed by atoms with Crippen molar-refractivity contribution in [3.8, 4) is 0 Å². The predicted octanol–water partition coefficient (Wildman–Crippen LogP) is 1.65. The fourth-order valence-corrected chi connectivity index (χ4v) is 1.84. The molecule has 0 aliphatic carbocycles. The zero-order valence-electron chi connectivity index (χ0n) is 9.96. The molecule has 88 valence electrons. The monoisotopic (exact) mass is 215 g/mol. The molecule has 0 bridgehead atoms. The molecule has 15 heavy (non-hydrogen) atoms. The topological polar surface area (TPSA) is 66.4 Å². The molecule has 0 aromatic heterocycles. The van der Waals surface area contributed by atoms with Gasteiger partial charge in [-0.2, -0.15) is 0 Å². The Labute approximate surface area is 91.1 Å². The number of carboxylic acid groups (broad SMARTS) is 1. The lowest BCUT2D eigenvalue weighted by molar-refractivity contribution is -0.155. The Bertz CT molecular complexity index is 240. The average Bonchev–Trinajstić information content (AvgIpc) is 2.16. The Kier molecular flexibility index (Phi) is 5.33. The Morgan fingerprint density at radius 1 is 1.47 bits per heavy atom. The molecule has 2 unspecified atom stereocenters. The van der Waals surface area contributed by atoms with Gasteiger partial charge in [-0.05, 0) is 19.3 Å². The molecule has 4 nitrogen and oxygen atoms in total. The molecule has 2 N–H and O–H groups in total. The molecule has 0 radical (unpaired) electrons. The molecule has 0 spiro atoms. The summed E-state index contributed by atoms with van der Waals surface area (Å²) in [7, 11) is 1.47. The van der Waals surface area contributed by atoms with Crippen LogP contribution >= 0.6 is 0 Å². The maximum atomic E-state index is 11.5. The molecule has 0 aromatic carbocycles. The van der Waals surface area contributed by atoms with Crippen LogP contribution in [0.25, 0.3) is 0 Å². The van der Waals surface area contributed by atoms with Gasteiger partial charge in [0.1, 0.15) is 5.41 Å². The number of nitrogens with one attached hydrogen (secondary N) is 1. The Morgan fingerprint density at radius 2 is 2.00 bits per heavy atom. The highest BCUT2D eigenvalue weighted by atomic mass is 16.4. The quantitative estimate of drug-likeness (QED) is 0.662. The molecular formula is C11H21NO3. The maximum absolute atomic E-state index is 11.5. The van der Waals surface area contributed by atoms with Gasteiger partial charge in [0, 0.05) is 7.05 Å². The number of carbonyl (C=O) groups excluding carboxylic acids is 1. The van der Waals surface area contributed by atoms with Crippen LogP contribution in [0.3, 0.4) is 0 Å². The van der Waals surface area contributed by atoms with Gasteiger partial charge in [-0.25, -0.2) is 0 Å². The van der Waals surface area contributed by atoms with E-state index < -0.39 is 17.3 Å². The van der Waals surface area contributed by atoms with Crippen molar-refractivity contribution in [1.82, 2.24) is 5.32 Å². The zero-order valence-corrected chi connectivity index (χ0v) is 9.96. The van der Waals surface area contributed by atoms with E-state index in [0.717, 1.165) is 12.8 Å². The van der Waals surface area contributed by atoms with E-state index in [4.69, 9.17) is 5.11 Å². The molecule has 0 fully saturated rings. The van der Waals surface area contributed by atoms with Crippen molar-refractivity contribution < 1.29 is 14.7 Å². The summed E-state index contributed by atoms with van der Waals surface area (Å²) in [5, 5.41) is 11.5. The largest absolute Gasteiger partial charge is 0.480 e. The summed E-state index contributed by atoms with van der Waals surface area (Å²) in [4.78, 5) is 22.6. The van der Waals surface area contributed by atoms with Crippen LogP contribution in [0.15, 0.2) is 0 Å². The fraction of sp³-hybridized carbons (Fsp3) is 0.818. The van der Waals surface area contributed by atoms with Gasteiger partial charge in [0.2, 0.25) is 5.91 Å². The lowest BCUT2D eigenvalue weighted by atomic mass is 9.79. The molecule has 0 rings (SSSR count). The second kappa shape index (κ2) is 5.73. The first kappa shape index (κ1) is 13.9. The molecule has 1 amide bonds. The number of amides is 1. The first-order valence-electron chi connectivity index (χ1n) is 5.34. The summed E-state index contributed by atoms with van der Waals surface area (Å²) in [5.41, 5.74) is -1.30. The minimum Gasteiger partial charge on any atom is -0.480 e. The van der Waals surface area contributed by atoms with Gasteiger partial charge in [-0.15, -0.1) is 0 Å². The summed E-state index contributed by atoms with van der Waals surface area (Å²) in [6, 6.07) is 0. The van der Waals surface area contributed by atoms with Crippen LogP contribution in [0.2, 0.25) is 0 Å². The lowest BCUT2D eigenvalue weighted by Crippen LogP contribution is -2.44. The van der Waals surface area contributed by atoms with Crippen LogP contribution < -0.4 is 5.32 Å². The smallest absolute Gasteiger partial charge is 0.318 e. The summed E-state index contributed by atoms with van der Waals surface area (Å²) < 4.78 is 0. The normalized spacial score (nSPS) is 16.5. The second-order valence-electron chi connectivity index (χ2n) is 4.31. The van der Waals surface area contributed by atoms with E-state index in [1.807, 2.05) is 6.92 Å². The van der Waals surface area contributed by atoms with E-state index in [2.05, 4.69) is 12.2 Å². The van der Waals surface area contributed by atoms with E-state index in [9.17, 15) is 9.59 Å². The van der Waals surface area contributed by atoms with Crippen LogP contribution in [0.4, 0.5) is 0 Å². The van der Waals surface area contributed by atoms with Crippen molar-refractivity contribution >= 4 is 11.9 Å². The second-order valence-corrected chi connectivity index (χ2v) is 4.31. The lowest BCUT2D eigenvalue weighted by Gasteiger charge is -2.25. The van der Waals surface area contributed by atoms with E-state index in [1.54, 1.807) is 0 Å². The molecule has 0 heterocycles. The number of aliphatic carboxylic acids is 1. The Hall–Kier alpha value is -1.06. The minimum atomic E-state index is -1.30. The van der Waals surface area contributed by atoms with Crippen molar-refractivity contribution in [3.63, 3.8) is 0 Å². The van der Waals surface area contributed by atoms with Gasteiger partial charge < -0.3 is 10.4 Å². The summed E-state index contributed by atoms with van der Waals surface area (Å²) in [6.45, 7) is 5.52. The van der Waals surface area contributed by atoms with Crippen molar-refractivity contribution in [1.29, 1.82) is 0 Å². The third-order valence-corrected chi connectivity index (χ3v) is 2.74. The van der Waals surface area contributed by atoms with E-state index in [1.165, 1.54) is 14.0 Å². The van der Waals surface area contributed by atoms with Crippen LogP contribution in [-0.2, 0) is 9.59 Å². The van der Waals surface area contributed by atoms with Gasteiger partial charge >= 0.3 is 5.97 Å². The number of hydrogen-bond acceptors (Lipinski definition) is 2. The fourth-order valence-electron chi connectivity index (χ4n) is 1.84. The molecule has 4 heteroatoms. The number of carbonyl (C=O) groups is 2. The van der Waals surface area contributed by atoms with Crippen LogP contribution in [0.5, 0.6) is 0 Å². The number of hydrogen-bond donors (Lipinski definition) is 2. The molecule has 0 saturated carbocycles. The molecule has 0 saturated heterocycles. The van der Waals surface area contributed by atoms with Gasteiger partial charge in [0.25, 0.3) is 0 Å². The van der Waals surface area contributed by atoms with Gasteiger partial charge in [-0.3, -0.25) is 9.59 Å². The number of carboxylic acids is 1. The summed E-state index contributed by atoms with van der Waals surface area (Å²) >= 11 is 0. The van der Waals surface area contributed by atoms with Gasteiger partial charge in [0.15, 0.2) is 0 Å². The molecular weight excluding hydrogens is 194 g/mol. The molecule has 0 aliphatic heterocycles. The highest BCUT2D eigenvalue weighted by Crippen LogP contribution is 2.28. The van der Waals surface area contributed by atoms with Crippen molar-refractivity contribution in [2.75, 3.05) is 7.05 Å². The van der Waals surface area contributed by atoms with Crippen LogP contribution in [0.1, 0.15) is 40.0 Å².